The van der Waals surface area contributed by atoms with Crippen molar-refractivity contribution in [3.05, 3.63) is 48.3 Å². The summed E-state index contributed by atoms with van der Waals surface area (Å²) >= 11 is 0. The first kappa shape index (κ1) is 10.8. The highest BCUT2D eigenvalue weighted by Crippen LogP contribution is 2.20. The van der Waals surface area contributed by atoms with Gasteiger partial charge in [-0.3, -0.25) is 4.98 Å². The highest BCUT2D eigenvalue weighted by molar-refractivity contribution is 5.13. The molecule has 84 valence electrons. The van der Waals surface area contributed by atoms with Crippen LogP contribution in [0.2, 0.25) is 0 Å². The van der Waals surface area contributed by atoms with Gasteiger partial charge in [-0.15, -0.1) is 0 Å². The number of nitrogens with zero attached hydrogens (tertiary/aromatic N) is 3. The van der Waals surface area contributed by atoms with Gasteiger partial charge in [0.15, 0.2) is 0 Å². The Morgan fingerprint density at radius 2 is 2.12 bits per heavy atom. The second kappa shape index (κ2) is 4.45. The Bertz CT molecular complexity index is 447. The lowest BCUT2D eigenvalue weighted by Gasteiger charge is -2.17. The molecule has 0 aliphatic rings. The molecule has 0 aliphatic heterocycles. The van der Waals surface area contributed by atoms with Crippen LogP contribution in [0.25, 0.3) is 0 Å². The minimum absolute atomic E-state index is 0.0198. The number of rotatable bonds is 3. The molecule has 0 saturated heterocycles. The molecule has 0 aromatic carbocycles. The molecule has 16 heavy (non-hydrogen) atoms. The van der Waals surface area contributed by atoms with Crippen LogP contribution in [0.5, 0.6) is 0 Å². The van der Waals surface area contributed by atoms with Crippen molar-refractivity contribution in [2.24, 2.45) is 5.73 Å². The lowest BCUT2D eigenvalue weighted by molar-refractivity contribution is 0.570. The van der Waals surface area contributed by atoms with Crippen LogP contribution in [0.4, 0.5) is 0 Å². The first-order chi connectivity index (χ1) is 7.70. The Balaban J connectivity index is 2.34. The van der Waals surface area contributed by atoms with E-state index in [2.05, 4.69) is 21.5 Å². The van der Waals surface area contributed by atoms with Crippen molar-refractivity contribution in [3.8, 4) is 0 Å². The molecule has 4 nitrogen and oxygen atoms in total. The molecule has 2 heterocycles. The van der Waals surface area contributed by atoms with Crippen molar-refractivity contribution in [3.63, 3.8) is 0 Å². The van der Waals surface area contributed by atoms with Crippen LogP contribution < -0.4 is 5.73 Å². The average molecular weight is 216 g/mol. The van der Waals surface area contributed by atoms with E-state index in [9.17, 15) is 0 Å². The molecule has 0 aliphatic carbocycles. The van der Waals surface area contributed by atoms with E-state index in [0.29, 0.717) is 0 Å². The largest absolute Gasteiger partial charge is 0.324 e. The second-order valence-corrected chi connectivity index (χ2v) is 3.95. The fraction of sp³-hybridized carbons (Fsp3) is 0.333. The van der Waals surface area contributed by atoms with Gasteiger partial charge in [0.1, 0.15) is 0 Å². The fourth-order valence-corrected chi connectivity index (χ4v) is 1.76. The summed E-state index contributed by atoms with van der Waals surface area (Å²) in [5.41, 5.74) is 7.94. The molecule has 4 heteroatoms. The van der Waals surface area contributed by atoms with Crippen LogP contribution >= 0.6 is 0 Å². The zero-order valence-corrected chi connectivity index (χ0v) is 9.54. The third kappa shape index (κ3) is 1.97. The van der Waals surface area contributed by atoms with E-state index in [1.165, 1.54) is 0 Å². The standard InChI is InChI=1S/C12H16N4/c1-9(13)12-7-14-8-16(12)10(2)11-5-3-4-6-15-11/h3-10H,13H2,1-2H3/t9-,10?/m0/s1. The minimum Gasteiger partial charge on any atom is -0.324 e. The van der Waals surface area contributed by atoms with Crippen molar-refractivity contribution in [1.82, 2.24) is 14.5 Å². The molecule has 2 aromatic heterocycles. The summed E-state index contributed by atoms with van der Waals surface area (Å²) in [4.78, 5) is 8.49. The first-order valence-electron chi connectivity index (χ1n) is 5.38. The maximum absolute atomic E-state index is 5.89. The third-order valence-electron chi connectivity index (χ3n) is 2.70. The Labute approximate surface area is 95.1 Å². The van der Waals surface area contributed by atoms with Gasteiger partial charge in [-0.2, -0.15) is 0 Å². The van der Waals surface area contributed by atoms with Crippen molar-refractivity contribution in [2.45, 2.75) is 25.9 Å². The zero-order valence-electron chi connectivity index (χ0n) is 9.54. The number of hydrogen-bond acceptors (Lipinski definition) is 3. The Kier molecular flexibility index (Phi) is 3.01. The molecule has 0 fully saturated rings. The Morgan fingerprint density at radius 1 is 1.31 bits per heavy atom. The number of hydrogen-bond donors (Lipinski definition) is 1. The topological polar surface area (TPSA) is 56.7 Å². The molecule has 2 rings (SSSR count). The molecule has 0 spiro atoms. The van der Waals surface area contributed by atoms with Gasteiger partial charge in [-0.1, -0.05) is 6.07 Å². The van der Waals surface area contributed by atoms with E-state index in [0.717, 1.165) is 11.4 Å². The Hall–Kier alpha value is -1.68. The fourth-order valence-electron chi connectivity index (χ4n) is 1.76. The van der Waals surface area contributed by atoms with Gasteiger partial charge in [0.25, 0.3) is 0 Å². The van der Waals surface area contributed by atoms with Crippen LogP contribution in [0.3, 0.4) is 0 Å². The third-order valence-corrected chi connectivity index (χ3v) is 2.70. The van der Waals surface area contributed by atoms with Crippen molar-refractivity contribution < 1.29 is 0 Å². The van der Waals surface area contributed by atoms with Crippen molar-refractivity contribution in [1.29, 1.82) is 0 Å². The number of pyridine rings is 1. The van der Waals surface area contributed by atoms with E-state index >= 15 is 0 Å². The van der Waals surface area contributed by atoms with Crippen LogP contribution in [0.1, 0.15) is 37.3 Å². The van der Waals surface area contributed by atoms with Crippen LogP contribution in [0.15, 0.2) is 36.9 Å². The van der Waals surface area contributed by atoms with E-state index in [-0.39, 0.29) is 12.1 Å². The summed E-state index contributed by atoms with van der Waals surface area (Å²) in [6.07, 6.45) is 5.41. The molecule has 2 atom stereocenters. The summed E-state index contributed by atoms with van der Waals surface area (Å²) in [6.45, 7) is 4.05. The maximum atomic E-state index is 5.89. The zero-order chi connectivity index (χ0) is 11.5. The molecular formula is C12H16N4. The number of aromatic nitrogens is 3. The number of imidazole rings is 1. The summed E-state index contributed by atoms with van der Waals surface area (Å²) in [7, 11) is 0. The van der Waals surface area contributed by atoms with Gasteiger partial charge in [0.2, 0.25) is 0 Å². The second-order valence-electron chi connectivity index (χ2n) is 3.95. The summed E-state index contributed by atoms with van der Waals surface area (Å²) in [5.74, 6) is 0. The van der Waals surface area contributed by atoms with E-state index < -0.39 is 0 Å². The van der Waals surface area contributed by atoms with Crippen molar-refractivity contribution >= 4 is 0 Å². The minimum atomic E-state index is -0.0198. The molecule has 0 radical (unpaired) electrons. The molecule has 0 saturated carbocycles. The van der Waals surface area contributed by atoms with Gasteiger partial charge < -0.3 is 10.3 Å². The molecular weight excluding hydrogens is 200 g/mol. The van der Waals surface area contributed by atoms with Gasteiger partial charge in [0, 0.05) is 18.4 Å². The van der Waals surface area contributed by atoms with Crippen LogP contribution in [-0.4, -0.2) is 14.5 Å². The Morgan fingerprint density at radius 3 is 2.75 bits per heavy atom. The molecule has 2 N–H and O–H groups in total. The molecule has 1 unspecified atom stereocenters. The van der Waals surface area contributed by atoms with E-state index in [1.807, 2.05) is 31.3 Å². The van der Waals surface area contributed by atoms with E-state index in [1.54, 1.807) is 12.5 Å². The van der Waals surface area contributed by atoms with Crippen LogP contribution in [0, 0.1) is 0 Å². The average Bonchev–Trinajstić information content (AvgIpc) is 2.78. The monoisotopic (exact) mass is 216 g/mol. The van der Waals surface area contributed by atoms with Crippen LogP contribution in [-0.2, 0) is 0 Å². The predicted octanol–water partition coefficient (Wildman–Crippen LogP) is 1.91. The van der Waals surface area contributed by atoms with Gasteiger partial charge in [-0.05, 0) is 26.0 Å². The SMILES string of the molecule is CC(c1ccccn1)n1cncc1[C@H](C)N. The smallest absolute Gasteiger partial charge is 0.0954 e. The predicted molar refractivity (Wildman–Crippen MR) is 62.9 cm³/mol. The normalized spacial score (nSPS) is 14.7. The highest BCUT2D eigenvalue weighted by Gasteiger charge is 2.14. The first-order valence-corrected chi connectivity index (χ1v) is 5.38. The molecule has 0 amide bonds. The summed E-state index contributed by atoms with van der Waals surface area (Å²) < 4.78 is 2.06. The summed E-state index contributed by atoms with van der Waals surface area (Å²) in [6, 6.07) is 6.05. The summed E-state index contributed by atoms with van der Waals surface area (Å²) in [5, 5.41) is 0. The number of nitrogens with two attached hydrogens (primary N) is 1. The van der Waals surface area contributed by atoms with Gasteiger partial charge >= 0.3 is 0 Å². The molecule has 0 bridgehead atoms. The van der Waals surface area contributed by atoms with Gasteiger partial charge in [0.05, 0.1) is 23.8 Å². The quantitative estimate of drug-likeness (QED) is 0.852. The highest BCUT2D eigenvalue weighted by atomic mass is 15.1. The van der Waals surface area contributed by atoms with Gasteiger partial charge in [-0.25, -0.2) is 4.98 Å². The lowest BCUT2D eigenvalue weighted by Crippen LogP contribution is -2.16. The molecule has 2 aromatic rings. The lowest BCUT2D eigenvalue weighted by atomic mass is 10.2. The maximum Gasteiger partial charge on any atom is 0.0954 e. The van der Waals surface area contributed by atoms with E-state index in [4.69, 9.17) is 5.73 Å². The van der Waals surface area contributed by atoms with Crippen molar-refractivity contribution in [2.75, 3.05) is 0 Å².